The molecule has 180 valence electrons. The highest BCUT2D eigenvalue weighted by Gasteiger charge is 2.27. The molecule has 34 heavy (non-hydrogen) atoms. The molecule has 2 aliphatic rings. The third-order valence-electron chi connectivity index (χ3n) is 5.89. The smallest absolute Gasteiger partial charge is 0.234 e. The summed E-state index contributed by atoms with van der Waals surface area (Å²) in [5, 5.41) is 5.80. The van der Waals surface area contributed by atoms with Gasteiger partial charge in [-0.25, -0.2) is 0 Å². The van der Waals surface area contributed by atoms with Crippen LogP contribution in [0.3, 0.4) is 0 Å². The summed E-state index contributed by atoms with van der Waals surface area (Å²) < 4.78 is 10.6. The van der Waals surface area contributed by atoms with Crippen molar-refractivity contribution < 1.29 is 23.9 Å². The molecular weight excluding hydrogens is 454 g/mol. The number of ether oxygens (including phenoxy) is 2. The molecule has 0 radical (unpaired) electrons. The fourth-order valence-electron chi connectivity index (χ4n) is 3.93. The summed E-state index contributed by atoms with van der Waals surface area (Å²) in [6.07, 6.45) is 1.65. The molecule has 2 aliphatic heterocycles. The third kappa shape index (κ3) is 6.44. The average Bonchev–Trinajstić information content (AvgIpc) is 3.31. The number of hydrogen-bond donors (Lipinski definition) is 2. The monoisotopic (exact) mass is 483 g/mol. The van der Waals surface area contributed by atoms with Crippen LogP contribution in [0.5, 0.6) is 11.5 Å². The number of carbonyl (C=O) groups is 3. The fraction of sp³-hybridized carbons (Fsp3) is 0.400. The molecule has 1 fully saturated rings. The van der Waals surface area contributed by atoms with E-state index in [4.69, 9.17) is 9.47 Å². The van der Waals surface area contributed by atoms with Crippen molar-refractivity contribution in [1.29, 1.82) is 0 Å². The molecule has 0 bridgehead atoms. The van der Waals surface area contributed by atoms with E-state index < -0.39 is 0 Å². The van der Waals surface area contributed by atoms with E-state index in [0.29, 0.717) is 61.0 Å². The average molecular weight is 484 g/mol. The first-order chi connectivity index (χ1) is 16.5. The molecule has 2 aromatic carbocycles. The number of hydrogen-bond acceptors (Lipinski definition) is 6. The van der Waals surface area contributed by atoms with Gasteiger partial charge in [-0.3, -0.25) is 14.4 Å². The Morgan fingerprint density at radius 1 is 0.971 bits per heavy atom. The van der Waals surface area contributed by atoms with E-state index in [2.05, 4.69) is 10.6 Å². The SMILES string of the molecule is Cc1ccc(NC(=O)CSCCC(=O)N2CCC(C(=O)Nc3ccc4c(c3)OCO4)CC2)cc1. The zero-order valence-corrected chi connectivity index (χ0v) is 20.0. The first-order valence-electron chi connectivity index (χ1n) is 11.4. The minimum absolute atomic E-state index is 0.0406. The summed E-state index contributed by atoms with van der Waals surface area (Å²) in [5.41, 5.74) is 2.59. The number of carbonyl (C=O) groups excluding carboxylic acids is 3. The standard InChI is InChI=1S/C25H29N3O5S/c1-17-2-4-19(5-3-17)26-23(29)15-34-13-10-24(30)28-11-8-18(9-12-28)25(31)27-20-6-7-21-22(14-20)33-16-32-21/h2-7,14,18H,8-13,15-16H2,1H3,(H,26,29)(H,27,31). The lowest BCUT2D eigenvalue weighted by Crippen LogP contribution is -2.41. The lowest BCUT2D eigenvalue weighted by Gasteiger charge is -2.31. The van der Waals surface area contributed by atoms with Crippen molar-refractivity contribution in [3.63, 3.8) is 0 Å². The van der Waals surface area contributed by atoms with Crippen molar-refractivity contribution in [2.24, 2.45) is 5.92 Å². The van der Waals surface area contributed by atoms with E-state index in [-0.39, 0.29) is 30.4 Å². The molecule has 2 aromatic rings. The molecule has 3 amide bonds. The Kier molecular flexibility index (Phi) is 7.95. The van der Waals surface area contributed by atoms with Crippen LogP contribution in [0.4, 0.5) is 11.4 Å². The molecule has 4 rings (SSSR count). The maximum atomic E-state index is 12.6. The second-order valence-corrected chi connectivity index (χ2v) is 9.53. The maximum Gasteiger partial charge on any atom is 0.234 e. The van der Waals surface area contributed by atoms with Gasteiger partial charge < -0.3 is 25.0 Å². The van der Waals surface area contributed by atoms with Crippen LogP contribution < -0.4 is 20.1 Å². The zero-order chi connectivity index (χ0) is 23.9. The minimum atomic E-state index is -0.130. The topological polar surface area (TPSA) is 97.0 Å². The number of nitrogens with one attached hydrogen (secondary N) is 2. The largest absolute Gasteiger partial charge is 0.454 e. The van der Waals surface area contributed by atoms with Crippen LogP contribution in [0.15, 0.2) is 42.5 Å². The molecule has 0 saturated carbocycles. The van der Waals surface area contributed by atoms with Crippen molar-refractivity contribution in [2.45, 2.75) is 26.2 Å². The number of likely N-dealkylation sites (tertiary alicyclic amines) is 1. The first kappa shape index (κ1) is 23.9. The Hall–Kier alpha value is -3.20. The third-order valence-corrected chi connectivity index (χ3v) is 6.85. The Bertz CT molecular complexity index is 1040. The Morgan fingerprint density at radius 3 is 2.44 bits per heavy atom. The number of aryl methyl sites for hydroxylation is 1. The van der Waals surface area contributed by atoms with Crippen LogP contribution in [0.2, 0.25) is 0 Å². The van der Waals surface area contributed by atoms with Crippen LogP contribution in [-0.2, 0) is 14.4 Å². The molecule has 0 spiro atoms. The van der Waals surface area contributed by atoms with Crippen molar-refractivity contribution in [3.05, 3.63) is 48.0 Å². The lowest BCUT2D eigenvalue weighted by molar-refractivity contribution is -0.134. The van der Waals surface area contributed by atoms with Crippen LogP contribution >= 0.6 is 11.8 Å². The fourth-order valence-corrected chi connectivity index (χ4v) is 4.65. The van der Waals surface area contributed by atoms with Crippen molar-refractivity contribution >= 4 is 40.9 Å². The van der Waals surface area contributed by atoms with Crippen molar-refractivity contribution in [1.82, 2.24) is 4.90 Å². The number of benzene rings is 2. The molecule has 2 N–H and O–H groups in total. The number of fused-ring (bicyclic) bond motifs is 1. The molecule has 9 heteroatoms. The molecule has 0 aliphatic carbocycles. The molecule has 0 unspecified atom stereocenters. The number of anilines is 2. The quantitative estimate of drug-likeness (QED) is 0.556. The number of rotatable bonds is 8. The van der Waals surface area contributed by atoms with Crippen molar-refractivity contribution in [2.75, 3.05) is 42.0 Å². The molecular formula is C25H29N3O5S. The van der Waals surface area contributed by atoms with Gasteiger partial charge in [0.15, 0.2) is 11.5 Å². The second kappa shape index (κ2) is 11.3. The Balaban J connectivity index is 1.12. The van der Waals surface area contributed by atoms with Gasteiger partial charge in [-0.15, -0.1) is 0 Å². The minimum Gasteiger partial charge on any atom is -0.454 e. The summed E-state index contributed by atoms with van der Waals surface area (Å²) in [7, 11) is 0. The van der Waals surface area contributed by atoms with E-state index in [0.717, 1.165) is 11.3 Å². The predicted octanol–water partition coefficient (Wildman–Crippen LogP) is 3.66. The van der Waals surface area contributed by atoms with Gasteiger partial charge in [-0.1, -0.05) is 17.7 Å². The highest BCUT2D eigenvalue weighted by atomic mass is 32.2. The van der Waals surface area contributed by atoms with Gasteiger partial charge >= 0.3 is 0 Å². The van der Waals surface area contributed by atoms with Crippen LogP contribution in [0.1, 0.15) is 24.8 Å². The van der Waals surface area contributed by atoms with Gasteiger partial charge in [-0.2, -0.15) is 11.8 Å². The molecule has 0 atom stereocenters. The number of amides is 3. The van der Waals surface area contributed by atoms with Crippen LogP contribution in [0, 0.1) is 12.8 Å². The van der Waals surface area contributed by atoms with E-state index in [1.807, 2.05) is 36.1 Å². The number of piperidine rings is 1. The summed E-state index contributed by atoms with van der Waals surface area (Å²) in [4.78, 5) is 39.0. The molecule has 0 aromatic heterocycles. The highest BCUT2D eigenvalue weighted by Crippen LogP contribution is 2.34. The molecule has 2 heterocycles. The summed E-state index contributed by atoms with van der Waals surface area (Å²) in [6, 6.07) is 13.0. The zero-order valence-electron chi connectivity index (χ0n) is 19.2. The number of nitrogens with zero attached hydrogens (tertiary/aromatic N) is 1. The van der Waals surface area contributed by atoms with E-state index in [1.165, 1.54) is 11.8 Å². The van der Waals surface area contributed by atoms with Gasteiger partial charge in [0.05, 0.1) is 5.75 Å². The lowest BCUT2D eigenvalue weighted by atomic mass is 9.95. The first-order valence-corrected chi connectivity index (χ1v) is 12.6. The summed E-state index contributed by atoms with van der Waals surface area (Å²) in [6.45, 7) is 3.32. The van der Waals surface area contributed by atoms with Gasteiger partial charge in [0.25, 0.3) is 0 Å². The van der Waals surface area contributed by atoms with Gasteiger partial charge in [0.2, 0.25) is 24.5 Å². The highest BCUT2D eigenvalue weighted by molar-refractivity contribution is 7.99. The van der Waals surface area contributed by atoms with E-state index in [9.17, 15) is 14.4 Å². The molecule has 1 saturated heterocycles. The van der Waals surface area contributed by atoms with Gasteiger partial charge in [0.1, 0.15) is 0 Å². The Labute approximate surface area is 203 Å². The predicted molar refractivity (Wildman–Crippen MR) is 132 cm³/mol. The maximum absolute atomic E-state index is 12.6. The van der Waals surface area contributed by atoms with Gasteiger partial charge in [-0.05, 0) is 44.0 Å². The normalized spacial score (nSPS) is 15.1. The summed E-state index contributed by atoms with van der Waals surface area (Å²) in [5.74, 6) is 2.03. The summed E-state index contributed by atoms with van der Waals surface area (Å²) >= 11 is 1.45. The van der Waals surface area contributed by atoms with E-state index in [1.54, 1.807) is 18.2 Å². The molecule has 8 nitrogen and oxygen atoms in total. The number of thioether (sulfide) groups is 1. The van der Waals surface area contributed by atoms with Crippen molar-refractivity contribution in [3.8, 4) is 11.5 Å². The van der Waals surface area contributed by atoms with Gasteiger partial charge in [0, 0.05) is 48.6 Å². The Morgan fingerprint density at radius 2 is 1.68 bits per heavy atom. The van der Waals surface area contributed by atoms with Crippen LogP contribution in [-0.4, -0.2) is 54.0 Å². The van der Waals surface area contributed by atoms with E-state index >= 15 is 0 Å². The second-order valence-electron chi connectivity index (χ2n) is 8.43. The van der Waals surface area contributed by atoms with Crippen LogP contribution in [0.25, 0.3) is 0 Å².